The van der Waals surface area contributed by atoms with Gasteiger partial charge in [0, 0.05) is 20.1 Å². The Kier molecular flexibility index (Phi) is 3.08. The van der Waals surface area contributed by atoms with Crippen molar-refractivity contribution in [3.63, 3.8) is 0 Å². The van der Waals surface area contributed by atoms with Crippen LogP contribution in [0, 0.1) is 0 Å². The van der Waals surface area contributed by atoms with E-state index >= 15 is 0 Å². The number of hydrogen-bond donors (Lipinski definition) is 1. The van der Waals surface area contributed by atoms with Gasteiger partial charge in [-0.05, 0) is 19.1 Å². The zero-order chi connectivity index (χ0) is 8.27. The summed E-state index contributed by atoms with van der Waals surface area (Å²) in [6, 6.07) is 0. The van der Waals surface area contributed by atoms with Crippen molar-refractivity contribution in [2.24, 2.45) is 0 Å². The van der Waals surface area contributed by atoms with Crippen molar-refractivity contribution >= 4 is 17.3 Å². The lowest BCUT2D eigenvalue weighted by Crippen LogP contribution is -2.47. The molecule has 0 aromatic rings. The highest BCUT2D eigenvalue weighted by Gasteiger charge is 2.17. The first-order valence-corrected chi connectivity index (χ1v) is 4.23. The van der Waals surface area contributed by atoms with Gasteiger partial charge in [-0.2, -0.15) is 0 Å². The van der Waals surface area contributed by atoms with Crippen molar-refractivity contribution < 1.29 is 4.74 Å². The van der Waals surface area contributed by atoms with Gasteiger partial charge in [0.2, 0.25) is 0 Å². The minimum Gasteiger partial charge on any atom is -0.375 e. The summed E-state index contributed by atoms with van der Waals surface area (Å²) in [5.74, 6) is 0. The lowest BCUT2D eigenvalue weighted by molar-refractivity contribution is 0.00569. The van der Waals surface area contributed by atoms with E-state index in [2.05, 4.69) is 17.1 Å². The van der Waals surface area contributed by atoms with Crippen molar-refractivity contribution in [3.05, 3.63) is 0 Å². The number of nitrogens with one attached hydrogen (secondary N) is 1. The van der Waals surface area contributed by atoms with Gasteiger partial charge in [0.15, 0.2) is 5.11 Å². The maximum atomic E-state index is 5.37. The molecule has 0 radical (unpaired) electrons. The van der Waals surface area contributed by atoms with E-state index in [4.69, 9.17) is 17.0 Å². The molecule has 1 rings (SSSR count). The first kappa shape index (κ1) is 8.74. The Balaban J connectivity index is 2.39. The highest BCUT2D eigenvalue weighted by molar-refractivity contribution is 7.80. The largest absolute Gasteiger partial charge is 0.375 e. The number of ether oxygens (including phenoxy) is 1. The fraction of sp³-hybridized carbons (Fsp3) is 0.857. The van der Waals surface area contributed by atoms with Crippen molar-refractivity contribution in [2.45, 2.75) is 13.0 Å². The number of rotatable bonds is 0. The van der Waals surface area contributed by atoms with Crippen molar-refractivity contribution in [1.29, 1.82) is 0 Å². The standard InChI is InChI=1S/C7H14N2OS/c1-6-5-9(3-4-10-6)7(11)8-2/h6H,3-5H2,1-2H3,(H,8,11). The van der Waals surface area contributed by atoms with E-state index < -0.39 is 0 Å². The predicted octanol–water partition coefficient (Wildman–Crippen LogP) is 0.211. The van der Waals surface area contributed by atoms with Crippen LogP contribution in [0.2, 0.25) is 0 Å². The maximum Gasteiger partial charge on any atom is 0.168 e. The summed E-state index contributed by atoms with van der Waals surface area (Å²) in [6.45, 7) is 4.65. The first-order valence-electron chi connectivity index (χ1n) is 3.82. The van der Waals surface area contributed by atoms with Gasteiger partial charge in [0.1, 0.15) is 0 Å². The third-order valence-corrected chi connectivity index (χ3v) is 2.20. The second-order valence-corrected chi connectivity index (χ2v) is 3.07. The summed E-state index contributed by atoms with van der Waals surface area (Å²) in [7, 11) is 1.85. The Morgan fingerprint density at radius 3 is 3.00 bits per heavy atom. The van der Waals surface area contributed by atoms with Gasteiger partial charge in [-0.25, -0.2) is 0 Å². The van der Waals surface area contributed by atoms with Crippen LogP contribution < -0.4 is 5.32 Å². The third-order valence-electron chi connectivity index (χ3n) is 1.74. The van der Waals surface area contributed by atoms with Crippen LogP contribution in [0.3, 0.4) is 0 Å². The van der Waals surface area contributed by atoms with Crippen molar-refractivity contribution in [2.75, 3.05) is 26.7 Å². The fourth-order valence-corrected chi connectivity index (χ4v) is 1.33. The summed E-state index contributed by atoms with van der Waals surface area (Å²) in [6.07, 6.45) is 0.301. The van der Waals surface area contributed by atoms with Gasteiger partial charge >= 0.3 is 0 Å². The van der Waals surface area contributed by atoms with E-state index in [9.17, 15) is 0 Å². The molecule has 1 unspecified atom stereocenters. The van der Waals surface area contributed by atoms with Crippen LogP contribution in [0.4, 0.5) is 0 Å². The van der Waals surface area contributed by atoms with Crippen LogP contribution in [0.25, 0.3) is 0 Å². The smallest absolute Gasteiger partial charge is 0.168 e. The highest BCUT2D eigenvalue weighted by atomic mass is 32.1. The summed E-state index contributed by atoms with van der Waals surface area (Å²) in [5, 5.41) is 3.78. The van der Waals surface area contributed by atoms with Crippen molar-refractivity contribution in [3.8, 4) is 0 Å². The molecule has 1 aliphatic heterocycles. The average Bonchev–Trinajstić information content (AvgIpc) is 2.03. The van der Waals surface area contributed by atoms with Crippen LogP contribution in [-0.4, -0.2) is 42.9 Å². The van der Waals surface area contributed by atoms with Crippen LogP contribution in [0.15, 0.2) is 0 Å². The van der Waals surface area contributed by atoms with E-state index in [-0.39, 0.29) is 0 Å². The monoisotopic (exact) mass is 174 g/mol. The van der Waals surface area contributed by atoms with Gasteiger partial charge in [-0.1, -0.05) is 0 Å². The van der Waals surface area contributed by atoms with Crippen LogP contribution in [0.1, 0.15) is 6.92 Å². The summed E-state index contributed by atoms with van der Waals surface area (Å²) >= 11 is 5.09. The quantitative estimate of drug-likeness (QED) is 0.531. The minimum atomic E-state index is 0.301. The number of nitrogens with zero attached hydrogens (tertiary/aromatic N) is 1. The molecule has 1 aliphatic rings. The number of hydrogen-bond acceptors (Lipinski definition) is 2. The molecular formula is C7H14N2OS. The maximum absolute atomic E-state index is 5.37. The lowest BCUT2D eigenvalue weighted by Gasteiger charge is -2.32. The van der Waals surface area contributed by atoms with E-state index in [0.29, 0.717) is 6.10 Å². The third kappa shape index (κ3) is 2.31. The first-order chi connectivity index (χ1) is 5.24. The Morgan fingerprint density at radius 2 is 2.45 bits per heavy atom. The molecule has 1 atom stereocenters. The van der Waals surface area contributed by atoms with Gasteiger partial charge in [-0.3, -0.25) is 0 Å². The predicted molar refractivity (Wildman–Crippen MR) is 48.6 cm³/mol. The molecule has 0 aliphatic carbocycles. The SMILES string of the molecule is CNC(=S)N1CCOC(C)C1. The molecule has 11 heavy (non-hydrogen) atoms. The molecule has 64 valence electrons. The molecule has 1 N–H and O–H groups in total. The molecule has 0 bridgehead atoms. The van der Waals surface area contributed by atoms with E-state index in [0.717, 1.165) is 24.8 Å². The van der Waals surface area contributed by atoms with Crippen molar-refractivity contribution in [1.82, 2.24) is 10.2 Å². The molecular weight excluding hydrogens is 160 g/mol. The van der Waals surface area contributed by atoms with Crippen LogP contribution in [0.5, 0.6) is 0 Å². The second-order valence-electron chi connectivity index (χ2n) is 2.68. The van der Waals surface area contributed by atoms with Gasteiger partial charge in [0.25, 0.3) is 0 Å². The van der Waals surface area contributed by atoms with E-state index in [1.165, 1.54) is 0 Å². The Morgan fingerprint density at radius 1 is 1.73 bits per heavy atom. The second kappa shape index (κ2) is 3.88. The van der Waals surface area contributed by atoms with E-state index in [1.54, 1.807) is 0 Å². The molecule has 3 nitrogen and oxygen atoms in total. The van der Waals surface area contributed by atoms with Gasteiger partial charge < -0.3 is 15.0 Å². The number of thiocarbonyl (C=S) groups is 1. The van der Waals surface area contributed by atoms with Gasteiger partial charge in [-0.15, -0.1) is 0 Å². The summed E-state index contributed by atoms with van der Waals surface area (Å²) < 4.78 is 5.37. The molecule has 0 aromatic heterocycles. The summed E-state index contributed by atoms with van der Waals surface area (Å²) in [5.41, 5.74) is 0. The topological polar surface area (TPSA) is 24.5 Å². The molecule has 4 heteroatoms. The minimum absolute atomic E-state index is 0.301. The summed E-state index contributed by atoms with van der Waals surface area (Å²) in [4.78, 5) is 2.13. The molecule has 0 amide bonds. The fourth-order valence-electron chi connectivity index (χ4n) is 1.16. The molecule has 1 fully saturated rings. The zero-order valence-corrected chi connectivity index (χ0v) is 7.78. The Bertz CT molecular complexity index is 151. The lowest BCUT2D eigenvalue weighted by atomic mass is 10.3. The molecule has 0 spiro atoms. The number of morpholine rings is 1. The molecule has 0 aromatic carbocycles. The van der Waals surface area contributed by atoms with Crippen LogP contribution in [-0.2, 0) is 4.74 Å². The van der Waals surface area contributed by atoms with Crippen LogP contribution >= 0.6 is 12.2 Å². The average molecular weight is 174 g/mol. The Labute approximate surface area is 72.7 Å². The zero-order valence-electron chi connectivity index (χ0n) is 6.96. The molecule has 0 saturated carbocycles. The highest BCUT2D eigenvalue weighted by Crippen LogP contribution is 2.03. The Hall–Kier alpha value is -0.350. The molecule has 1 saturated heterocycles. The molecule has 1 heterocycles. The van der Waals surface area contributed by atoms with E-state index in [1.807, 2.05) is 7.05 Å². The normalized spacial score (nSPS) is 24.9. The van der Waals surface area contributed by atoms with Gasteiger partial charge in [0.05, 0.1) is 12.7 Å².